The number of morpholine rings is 1. The van der Waals surface area contributed by atoms with Crippen molar-refractivity contribution in [2.24, 2.45) is 0 Å². The zero-order valence-electron chi connectivity index (χ0n) is 22.1. The van der Waals surface area contributed by atoms with E-state index < -0.39 is 23.4 Å². The third kappa shape index (κ3) is 8.39. The highest BCUT2D eigenvalue weighted by Gasteiger charge is 2.32. The summed E-state index contributed by atoms with van der Waals surface area (Å²) in [6.45, 7) is 4.38. The molecule has 9 nitrogen and oxygen atoms in total. The van der Waals surface area contributed by atoms with Gasteiger partial charge < -0.3 is 14.6 Å². The van der Waals surface area contributed by atoms with E-state index in [9.17, 15) is 23.2 Å². The number of amides is 1. The SMILES string of the molecule is O=C(O)C(=O)CCCCNN1C(=O)/C(=C/c2cc(-c3ccc(F)c(F)c3)ccc2OCCN2CCOCC2)SC1=S. The number of carbonyl (C=O) groups is 3. The molecule has 4 rings (SSSR count). The van der Waals surface area contributed by atoms with E-state index in [4.69, 9.17) is 26.8 Å². The lowest BCUT2D eigenvalue weighted by atomic mass is 10.0. The lowest BCUT2D eigenvalue weighted by Crippen LogP contribution is -2.41. The van der Waals surface area contributed by atoms with Gasteiger partial charge in [0.25, 0.3) is 5.91 Å². The molecule has 2 heterocycles. The number of ketones is 1. The fourth-order valence-corrected chi connectivity index (χ4v) is 5.42. The number of carbonyl (C=O) groups excluding carboxylic acids is 2. The standard InChI is InChI=1S/C28H29F2N3O6S2/c29-21-6-4-19(16-22(21)30)18-5-7-24(39-14-11-32-9-12-38-13-10-32)20(15-18)17-25-26(35)33(28(40)41-25)31-8-2-1-3-23(34)27(36)37/h4-7,15-17,31H,1-3,8-14H2,(H,36,37)/b25-17-. The molecule has 1 amide bonds. The van der Waals surface area contributed by atoms with E-state index in [1.165, 1.54) is 11.1 Å². The first kappa shape index (κ1) is 30.7. The predicted octanol–water partition coefficient (Wildman–Crippen LogP) is 3.87. The molecular weight excluding hydrogens is 576 g/mol. The van der Waals surface area contributed by atoms with Crippen molar-refractivity contribution in [2.45, 2.75) is 19.3 Å². The number of ether oxygens (including phenoxy) is 2. The molecule has 2 aromatic carbocycles. The average molecular weight is 606 g/mol. The van der Waals surface area contributed by atoms with E-state index in [2.05, 4.69) is 10.3 Å². The Morgan fingerprint density at radius 1 is 1.10 bits per heavy atom. The summed E-state index contributed by atoms with van der Waals surface area (Å²) in [5.41, 5.74) is 4.58. The first-order chi connectivity index (χ1) is 19.7. The Hall–Kier alpha value is -3.23. The van der Waals surface area contributed by atoms with Crippen molar-refractivity contribution < 1.29 is 37.7 Å². The summed E-state index contributed by atoms with van der Waals surface area (Å²) >= 11 is 6.48. The van der Waals surface area contributed by atoms with Gasteiger partial charge in [-0.1, -0.05) is 36.1 Å². The van der Waals surface area contributed by atoms with E-state index >= 15 is 0 Å². The summed E-state index contributed by atoms with van der Waals surface area (Å²) in [5, 5.41) is 9.91. The molecule has 0 atom stereocenters. The van der Waals surface area contributed by atoms with Gasteiger partial charge in [0.05, 0.1) is 18.1 Å². The molecule has 41 heavy (non-hydrogen) atoms. The van der Waals surface area contributed by atoms with Gasteiger partial charge in [-0.05, 0) is 54.3 Å². The summed E-state index contributed by atoms with van der Waals surface area (Å²) in [6, 6.07) is 8.88. The maximum absolute atomic E-state index is 13.9. The number of hydrogen-bond donors (Lipinski definition) is 2. The largest absolute Gasteiger partial charge is 0.492 e. The Balaban J connectivity index is 1.49. The van der Waals surface area contributed by atoms with Crippen LogP contribution in [0.5, 0.6) is 5.75 Å². The Morgan fingerprint density at radius 3 is 2.56 bits per heavy atom. The van der Waals surface area contributed by atoms with Crippen LogP contribution in [0.25, 0.3) is 17.2 Å². The number of thioether (sulfide) groups is 1. The third-order valence-corrected chi connectivity index (χ3v) is 7.75. The Bertz CT molecular complexity index is 1350. The molecular formula is C28H29F2N3O6S2. The molecule has 0 saturated carbocycles. The van der Waals surface area contributed by atoms with Gasteiger partial charge in [-0.25, -0.2) is 24.0 Å². The van der Waals surface area contributed by atoms with Crippen molar-refractivity contribution in [2.75, 3.05) is 46.0 Å². The van der Waals surface area contributed by atoms with E-state index in [0.717, 1.165) is 37.0 Å². The van der Waals surface area contributed by atoms with Crippen LogP contribution in [0.3, 0.4) is 0 Å². The molecule has 2 fully saturated rings. The molecule has 2 aliphatic rings. The number of carboxylic acid groups (broad SMARTS) is 1. The third-order valence-electron chi connectivity index (χ3n) is 6.45. The van der Waals surface area contributed by atoms with Gasteiger partial charge in [-0.2, -0.15) is 0 Å². The Kier molecular flexibility index (Phi) is 10.9. The van der Waals surface area contributed by atoms with E-state index in [0.29, 0.717) is 73.1 Å². The predicted molar refractivity (Wildman–Crippen MR) is 154 cm³/mol. The highest BCUT2D eigenvalue weighted by molar-refractivity contribution is 8.26. The summed E-state index contributed by atoms with van der Waals surface area (Å²) in [5.74, 6) is -4.08. The maximum atomic E-state index is 13.9. The molecule has 2 aromatic rings. The fraction of sp³-hybridized carbons (Fsp3) is 0.357. The van der Waals surface area contributed by atoms with Gasteiger partial charge >= 0.3 is 5.97 Å². The molecule has 13 heteroatoms. The number of carboxylic acids is 1. The normalized spacial score (nSPS) is 16.9. The summed E-state index contributed by atoms with van der Waals surface area (Å²) in [6.07, 6.45) is 2.38. The summed E-state index contributed by atoms with van der Waals surface area (Å²) < 4.78 is 39.2. The second kappa shape index (κ2) is 14.6. The van der Waals surface area contributed by atoms with E-state index in [-0.39, 0.29) is 16.6 Å². The van der Waals surface area contributed by atoms with Crippen LogP contribution in [-0.4, -0.2) is 83.0 Å². The van der Waals surface area contributed by atoms with Crippen molar-refractivity contribution in [1.82, 2.24) is 15.3 Å². The minimum absolute atomic E-state index is 0.0854. The second-order valence-electron chi connectivity index (χ2n) is 9.29. The van der Waals surface area contributed by atoms with Crippen LogP contribution in [0, 0.1) is 11.6 Å². The van der Waals surface area contributed by atoms with Crippen molar-refractivity contribution in [3.8, 4) is 16.9 Å². The van der Waals surface area contributed by atoms with Crippen LogP contribution in [-0.2, 0) is 19.1 Å². The number of aliphatic carboxylic acids is 1. The molecule has 2 saturated heterocycles. The van der Waals surface area contributed by atoms with E-state index in [1.54, 1.807) is 24.3 Å². The molecule has 218 valence electrons. The first-order valence-corrected chi connectivity index (χ1v) is 14.3. The summed E-state index contributed by atoms with van der Waals surface area (Å²) in [4.78, 5) is 37.6. The van der Waals surface area contributed by atoms with Gasteiger partial charge in [0, 0.05) is 38.2 Å². The molecule has 0 radical (unpaired) electrons. The molecule has 0 spiro atoms. The zero-order valence-corrected chi connectivity index (χ0v) is 23.7. The van der Waals surface area contributed by atoms with E-state index in [1.807, 2.05) is 0 Å². The number of hydrazine groups is 1. The monoisotopic (exact) mass is 605 g/mol. The zero-order chi connectivity index (χ0) is 29.4. The second-order valence-corrected chi connectivity index (χ2v) is 11.0. The number of halogens is 2. The van der Waals surface area contributed by atoms with Crippen LogP contribution in [0.1, 0.15) is 24.8 Å². The van der Waals surface area contributed by atoms with Crippen molar-refractivity contribution in [3.63, 3.8) is 0 Å². The fourth-order valence-electron chi connectivity index (χ4n) is 4.21. The molecule has 0 bridgehead atoms. The van der Waals surface area contributed by atoms with Gasteiger partial charge in [0.15, 0.2) is 16.0 Å². The van der Waals surface area contributed by atoms with Crippen LogP contribution < -0.4 is 10.2 Å². The van der Waals surface area contributed by atoms with Gasteiger partial charge in [-0.15, -0.1) is 0 Å². The van der Waals surface area contributed by atoms with Crippen LogP contribution in [0.15, 0.2) is 41.3 Å². The van der Waals surface area contributed by atoms with Crippen molar-refractivity contribution in [3.05, 3.63) is 58.5 Å². The number of rotatable bonds is 13. The highest BCUT2D eigenvalue weighted by atomic mass is 32.2. The number of Topliss-reactive ketones (excluding diaryl/α,β-unsaturated/α-hetero) is 1. The smallest absolute Gasteiger partial charge is 0.372 e. The van der Waals surface area contributed by atoms with Crippen LogP contribution in [0.4, 0.5) is 8.78 Å². The van der Waals surface area contributed by atoms with Crippen LogP contribution >= 0.6 is 24.0 Å². The average Bonchev–Trinajstić information content (AvgIpc) is 3.22. The molecule has 0 aliphatic carbocycles. The Labute approximate surface area is 245 Å². The van der Waals surface area contributed by atoms with Crippen molar-refractivity contribution >= 4 is 52.0 Å². The first-order valence-electron chi connectivity index (χ1n) is 13.0. The number of nitrogens with zero attached hydrogens (tertiary/aromatic N) is 2. The number of thiocarbonyl (C=S) groups is 1. The van der Waals surface area contributed by atoms with Gasteiger partial charge in [0.2, 0.25) is 5.78 Å². The molecule has 2 aliphatic heterocycles. The molecule has 0 aromatic heterocycles. The summed E-state index contributed by atoms with van der Waals surface area (Å²) in [7, 11) is 0. The minimum atomic E-state index is -1.46. The molecule has 0 unspecified atom stereocenters. The van der Waals surface area contributed by atoms with Gasteiger partial charge in [-0.3, -0.25) is 14.5 Å². The van der Waals surface area contributed by atoms with Crippen molar-refractivity contribution in [1.29, 1.82) is 0 Å². The quantitative estimate of drug-likeness (QED) is 0.151. The Morgan fingerprint density at radius 2 is 1.83 bits per heavy atom. The number of hydrogen-bond acceptors (Lipinski definition) is 9. The number of benzene rings is 2. The lowest BCUT2D eigenvalue weighted by Gasteiger charge is -2.26. The topological polar surface area (TPSA) is 108 Å². The number of nitrogens with one attached hydrogen (secondary N) is 1. The highest BCUT2D eigenvalue weighted by Crippen LogP contribution is 2.35. The lowest BCUT2D eigenvalue weighted by molar-refractivity contribution is -0.149. The van der Waals surface area contributed by atoms with Crippen LogP contribution in [0.2, 0.25) is 0 Å². The molecule has 2 N–H and O–H groups in total. The minimum Gasteiger partial charge on any atom is -0.492 e. The number of unbranched alkanes of at least 4 members (excludes halogenated alkanes) is 1. The van der Waals surface area contributed by atoms with Gasteiger partial charge in [0.1, 0.15) is 12.4 Å². The maximum Gasteiger partial charge on any atom is 0.372 e.